The monoisotopic (exact) mass is 440 g/mol. The van der Waals surface area contributed by atoms with Gasteiger partial charge in [0.1, 0.15) is 5.76 Å². The van der Waals surface area contributed by atoms with E-state index in [0.29, 0.717) is 35.5 Å². The van der Waals surface area contributed by atoms with Crippen LogP contribution in [0.4, 0.5) is 11.4 Å². The van der Waals surface area contributed by atoms with Crippen LogP contribution in [0.25, 0.3) is 0 Å². The summed E-state index contributed by atoms with van der Waals surface area (Å²) in [6.07, 6.45) is 2.74. The lowest BCUT2D eigenvalue weighted by Crippen LogP contribution is -2.41. The van der Waals surface area contributed by atoms with Gasteiger partial charge in [0, 0.05) is 42.4 Å². The number of anilines is 2. The molecule has 1 aliphatic heterocycles. The molecule has 166 valence electrons. The Balaban J connectivity index is 1.59. The minimum Gasteiger partial charge on any atom is -0.469 e. The molecule has 0 radical (unpaired) electrons. The van der Waals surface area contributed by atoms with Crippen LogP contribution in [0.5, 0.6) is 0 Å². The van der Waals surface area contributed by atoms with Gasteiger partial charge in [-0.25, -0.2) is 0 Å². The summed E-state index contributed by atoms with van der Waals surface area (Å²) >= 11 is 0. The van der Waals surface area contributed by atoms with Crippen molar-refractivity contribution in [2.24, 2.45) is 0 Å². The predicted octanol–water partition coefficient (Wildman–Crippen LogP) is 5.16. The molecule has 2 atom stereocenters. The Morgan fingerprint density at radius 1 is 0.939 bits per heavy atom. The van der Waals surface area contributed by atoms with Crippen LogP contribution in [-0.4, -0.2) is 17.6 Å². The van der Waals surface area contributed by atoms with E-state index in [9.17, 15) is 14.4 Å². The molecule has 0 saturated heterocycles. The number of carbonyl (C=O) groups excluding carboxylic acids is 3. The van der Waals surface area contributed by atoms with Gasteiger partial charge in [-0.3, -0.25) is 19.3 Å². The third-order valence-electron chi connectivity index (χ3n) is 6.33. The van der Waals surface area contributed by atoms with E-state index in [4.69, 9.17) is 4.42 Å². The number of benzene rings is 2. The average Bonchev–Trinajstić information content (AvgIpc) is 3.34. The summed E-state index contributed by atoms with van der Waals surface area (Å²) in [6, 6.07) is 20.7. The summed E-state index contributed by atoms with van der Waals surface area (Å²) in [7, 11) is 0. The summed E-state index contributed by atoms with van der Waals surface area (Å²) in [6.45, 7) is 1.45. The fraction of sp³-hybridized carbons (Fsp3) is 0.222. The van der Waals surface area contributed by atoms with Gasteiger partial charge >= 0.3 is 0 Å². The van der Waals surface area contributed by atoms with Crippen molar-refractivity contribution in [2.75, 3.05) is 10.2 Å². The molecule has 6 heteroatoms. The van der Waals surface area contributed by atoms with Gasteiger partial charge in [-0.05, 0) is 54.3 Å². The van der Waals surface area contributed by atoms with Crippen molar-refractivity contribution >= 4 is 29.0 Å². The van der Waals surface area contributed by atoms with Gasteiger partial charge in [-0.2, -0.15) is 0 Å². The number of nitrogens with one attached hydrogen (secondary N) is 1. The first kappa shape index (κ1) is 20.9. The second-order valence-corrected chi connectivity index (χ2v) is 8.53. The van der Waals surface area contributed by atoms with Crippen LogP contribution in [0.3, 0.4) is 0 Å². The molecule has 1 aliphatic carbocycles. The van der Waals surface area contributed by atoms with E-state index in [1.54, 1.807) is 41.5 Å². The fourth-order valence-corrected chi connectivity index (χ4v) is 4.93. The van der Waals surface area contributed by atoms with E-state index in [0.717, 1.165) is 11.3 Å². The lowest BCUT2D eigenvalue weighted by Gasteiger charge is -2.40. The Bertz CT molecular complexity index is 1230. The second-order valence-electron chi connectivity index (χ2n) is 8.53. The van der Waals surface area contributed by atoms with E-state index in [1.165, 1.54) is 6.92 Å². The predicted molar refractivity (Wildman–Crippen MR) is 125 cm³/mol. The smallest absolute Gasteiger partial charge is 0.232 e. The third-order valence-corrected chi connectivity index (χ3v) is 6.33. The highest BCUT2D eigenvalue weighted by Gasteiger charge is 2.43. The minimum absolute atomic E-state index is 0.00162. The highest BCUT2D eigenvalue weighted by atomic mass is 16.3. The maximum absolute atomic E-state index is 13.5. The molecule has 2 aliphatic rings. The van der Waals surface area contributed by atoms with E-state index < -0.39 is 0 Å². The van der Waals surface area contributed by atoms with Crippen LogP contribution in [0.2, 0.25) is 0 Å². The quantitative estimate of drug-likeness (QED) is 0.608. The molecule has 33 heavy (non-hydrogen) atoms. The first-order valence-electron chi connectivity index (χ1n) is 11.1. The lowest BCUT2D eigenvalue weighted by molar-refractivity contribution is -0.120. The molecule has 2 amide bonds. The van der Waals surface area contributed by atoms with E-state index in [1.807, 2.05) is 36.4 Å². The molecular formula is C27H24N2O4. The average molecular weight is 440 g/mol. The zero-order valence-electron chi connectivity index (χ0n) is 18.3. The molecule has 0 fully saturated rings. The molecule has 0 saturated carbocycles. The molecule has 2 heterocycles. The van der Waals surface area contributed by atoms with Crippen molar-refractivity contribution in [3.8, 4) is 0 Å². The molecule has 1 aromatic heterocycles. The van der Waals surface area contributed by atoms with Crippen molar-refractivity contribution in [3.05, 3.63) is 95.6 Å². The molecular weight excluding hydrogens is 416 g/mol. The van der Waals surface area contributed by atoms with Gasteiger partial charge in [0.2, 0.25) is 11.8 Å². The maximum Gasteiger partial charge on any atom is 0.232 e. The fourth-order valence-electron chi connectivity index (χ4n) is 4.93. The van der Waals surface area contributed by atoms with Crippen molar-refractivity contribution in [1.82, 2.24) is 0 Å². The molecule has 1 N–H and O–H groups in total. The third kappa shape index (κ3) is 4.00. The Labute approximate surface area is 191 Å². The van der Waals surface area contributed by atoms with Crippen molar-refractivity contribution < 1.29 is 18.8 Å². The number of hydrogen-bond donors (Lipinski definition) is 1. The number of hydrogen-bond acceptors (Lipinski definition) is 4. The standard InChI is InChI=1S/C27H24N2O4/c1-17(30)28-20-9-11-21(12-10-20)29-23-14-19(18-6-3-2-4-7-18)15-24(31)27(23)22(16-26(29)32)25-8-5-13-33-25/h2-13,19,22H,14-16H2,1H3,(H,28,30). The zero-order chi connectivity index (χ0) is 22.9. The number of ketones is 1. The van der Waals surface area contributed by atoms with Crippen LogP contribution in [0, 0.1) is 0 Å². The Hall–Kier alpha value is -3.93. The van der Waals surface area contributed by atoms with Gasteiger partial charge in [-0.15, -0.1) is 0 Å². The van der Waals surface area contributed by atoms with Gasteiger partial charge in [0.15, 0.2) is 5.78 Å². The molecule has 2 unspecified atom stereocenters. The molecule has 0 bridgehead atoms. The number of rotatable bonds is 4. The number of carbonyl (C=O) groups is 3. The second kappa shape index (κ2) is 8.54. The van der Waals surface area contributed by atoms with Crippen LogP contribution < -0.4 is 10.2 Å². The number of amides is 2. The molecule has 5 rings (SSSR count). The summed E-state index contributed by atoms with van der Waals surface area (Å²) < 4.78 is 5.63. The topological polar surface area (TPSA) is 79.6 Å². The van der Waals surface area contributed by atoms with Crippen molar-refractivity contribution in [1.29, 1.82) is 0 Å². The Morgan fingerprint density at radius 3 is 2.36 bits per heavy atom. The highest BCUT2D eigenvalue weighted by molar-refractivity contribution is 6.08. The number of allylic oxidation sites excluding steroid dienone is 2. The SMILES string of the molecule is CC(=O)Nc1ccc(N2C(=O)CC(c3ccco3)C3=C2CC(c2ccccc2)CC3=O)cc1. The number of furan rings is 1. The van der Waals surface area contributed by atoms with Crippen LogP contribution >= 0.6 is 0 Å². The number of Topliss-reactive ketones (excluding diaryl/α,β-unsaturated/α-hetero) is 1. The molecule has 3 aromatic rings. The Kier molecular flexibility index (Phi) is 5.42. The lowest BCUT2D eigenvalue weighted by atomic mass is 9.74. The van der Waals surface area contributed by atoms with Crippen LogP contribution in [0.1, 0.15) is 49.3 Å². The summed E-state index contributed by atoms with van der Waals surface area (Å²) in [5.74, 6) is 0.0841. The zero-order valence-corrected chi connectivity index (χ0v) is 18.3. The van der Waals surface area contributed by atoms with Gasteiger partial charge in [0.25, 0.3) is 0 Å². The maximum atomic E-state index is 13.5. The first-order chi connectivity index (χ1) is 16.0. The summed E-state index contributed by atoms with van der Waals surface area (Å²) in [5, 5.41) is 2.74. The summed E-state index contributed by atoms with van der Waals surface area (Å²) in [5.41, 5.74) is 3.83. The highest BCUT2D eigenvalue weighted by Crippen LogP contribution is 2.47. The van der Waals surface area contributed by atoms with Crippen molar-refractivity contribution in [3.63, 3.8) is 0 Å². The molecule has 0 spiro atoms. The van der Waals surface area contributed by atoms with E-state index in [2.05, 4.69) is 5.32 Å². The van der Waals surface area contributed by atoms with E-state index in [-0.39, 0.29) is 35.9 Å². The Morgan fingerprint density at radius 2 is 1.70 bits per heavy atom. The van der Waals surface area contributed by atoms with Gasteiger partial charge in [-0.1, -0.05) is 30.3 Å². The van der Waals surface area contributed by atoms with Crippen molar-refractivity contribution in [2.45, 2.75) is 38.0 Å². The minimum atomic E-state index is -0.373. The van der Waals surface area contributed by atoms with Gasteiger partial charge in [0.05, 0.1) is 12.2 Å². The van der Waals surface area contributed by atoms with Crippen LogP contribution in [0.15, 0.2) is 88.7 Å². The molecule has 6 nitrogen and oxygen atoms in total. The van der Waals surface area contributed by atoms with Crippen LogP contribution in [-0.2, 0) is 14.4 Å². The normalized spacial score (nSPS) is 20.6. The van der Waals surface area contributed by atoms with E-state index >= 15 is 0 Å². The number of nitrogens with zero attached hydrogens (tertiary/aromatic N) is 1. The van der Waals surface area contributed by atoms with Gasteiger partial charge < -0.3 is 9.73 Å². The molecule has 2 aromatic carbocycles. The summed E-state index contributed by atoms with van der Waals surface area (Å²) in [4.78, 5) is 40.0. The largest absolute Gasteiger partial charge is 0.469 e. The first-order valence-corrected chi connectivity index (χ1v) is 11.1.